The largest absolute Gasteiger partial charge is 0.393 e. The molecule has 0 aliphatic carbocycles. The van der Waals surface area contributed by atoms with Crippen LogP contribution >= 0.6 is 0 Å². The van der Waals surface area contributed by atoms with Crippen molar-refractivity contribution in [1.82, 2.24) is 10.1 Å². The number of nitrogens with zero attached hydrogens (tertiary/aromatic N) is 2. The van der Waals surface area contributed by atoms with Crippen molar-refractivity contribution in [2.45, 2.75) is 39.0 Å². The van der Waals surface area contributed by atoms with Gasteiger partial charge in [-0.05, 0) is 18.8 Å². The second kappa shape index (κ2) is 6.31. The van der Waals surface area contributed by atoms with Gasteiger partial charge in [-0.25, -0.2) is 0 Å². The van der Waals surface area contributed by atoms with Gasteiger partial charge in [0.15, 0.2) is 5.76 Å². The van der Waals surface area contributed by atoms with Crippen LogP contribution in [0.15, 0.2) is 10.6 Å². The number of hydrogen-bond donors (Lipinski definition) is 1. The van der Waals surface area contributed by atoms with E-state index in [-0.39, 0.29) is 6.10 Å². The van der Waals surface area contributed by atoms with Crippen LogP contribution < -0.4 is 0 Å². The fourth-order valence-corrected chi connectivity index (χ4v) is 2.51. The van der Waals surface area contributed by atoms with Crippen LogP contribution in [0.2, 0.25) is 0 Å². The molecule has 1 N–H and O–H groups in total. The summed E-state index contributed by atoms with van der Waals surface area (Å²) in [7, 11) is 1.64. The molecule has 102 valence electrons. The molecule has 0 bridgehead atoms. The predicted molar refractivity (Wildman–Crippen MR) is 66.9 cm³/mol. The van der Waals surface area contributed by atoms with Crippen molar-refractivity contribution in [1.29, 1.82) is 0 Å². The molecule has 5 heteroatoms. The van der Waals surface area contributed by atoms with Crippen LogP contribution in [-0.2, 0) is 17.9 Å². The van der Waals surface area contributed by atoms with Crippen molar-refractivity contribution < 1.29 is 14.4 Å². The van der Waals surface area contributed by atoms with Gasteiger partial charge in [0.05, 0.1) is 11.8 Å². The van der Waals surface area contributed by atoms with Gasteiger partial charge in [0.1, 0.15) is 6.61 Å². The van der Waals surface area contributed by atoms with Gasteiger partial charge in [0, 0.05) is 32.8 Å². The molecule has 0 radical (unpaired) electrons. The van der Waals surface area contributed by atoms with E-state index in [1.54, 1.807) is 7.11 Å². The molecule has 5 nitrogen and oxygen atoms in total. The molecule has 2 heterocycles. The third-order valence-corrected chi connectivity index (χ3v) is 3.58. The molecule has 18 heavy (non-hydrogen) atoms. The van der Waals surface area contributed by atoms with Crippen LogP contribution in [0.3, 0.4) is 0 Å². The number of hydrogen-bond acceptors (Lipinski definition) is 5. The summed E-state index contributed by atoms with van der Waals surface area (Å²) in [6.45, 7) is 5.23. The molecular weight excluding hydrogens is 232 g/mol. The SMILES string of the molecule is CCC1CN(Cc2cc(COC)on2)CCC1O. The Bertz CT molecular complexity index is 367. The minimum Gasteiger partial charge on any atom is -0.393 e. The third kappa shape index (κ3) is 3.31. The van der Waals surface area contributed by atoms with Gasteiger partial charge in [-0.1, -0.05) is 12.1 Å². The summed E-state index contributed by atoms with van der Waals surface area (Å²) >= 11 is 0. The molecule has 2 unspecified atom stereocenters. The molecular formula is C13H22N2O3. The van der Waals surface area contributed by atoms with E-state index in [1.165, 1.54) is 0 Å². The molecule has 1 aromatic heterocycles. The Morgan fingerprint density at radius 3 is 3.17 bits per heavy atom. The number of rotatable bonds is 5. The molecule has 1 fully saturated rings. The van der Waals surface area contributed by atoms with Gasteiger partial charge >= 0.3 is 0 Å². The first-order valence-electron chi connectivity index (χ1n) is 6.56. The quantitative estimate of drug-likeness (QED) is 0.861. The lowest BCUT2D eigenvalue weighted by molar-refractivity contribution is 0.0214. The average molecular weight is 254 g/mol. The molecule has 2 rings (SSSR count). The van der Waals surface area contributed by atoms with Crippen LogP contribution in [0.5, 0.6) is 0 Å². The van der Waals surface area contributed by atoms with Gasteiger partial charge in [-0.2, -0.15) is 0 Å². The highest BCUT2D eigenvalue weighted by Crippen LogP contribution is 2.21. The maximum Gasteiger partial charge on any atom is 0.162 e. The van der Waals surface area contributed by atoms with Crippen LogP contribution in [0.4, 0.5) is 0 Å². The zero-order chi connectivity index (χ0) is 13.0. The maximum atomic E-state index is 9.85. The second-order valence-electron chi connectivity index (χ2n) is 4.98. The Hall–Kier alpha value is -0.910. The molecule has 0 amide bonds. The van der Waals surface area contributed by atoms with Gasteiger partial charge in [0.25, 0.3) is 0 Å². The molecule has 0 spiro atoms. The lowest BCUT2D eigenvalue weighted by Crippen LogP contribution is -2.42. The number of aliphatic hydroxyl groups excluding tert-OH is 1. The minimum atomic E-state index is -0.146. The van der Waals surface area contributed by atoms with Gasteiger partial charge in [-0.15, -0.1) is 0 Å². The van der Waals surface area contributed by atoms with Crippen molar-refractivity contribution in [3.8, 4) is 0 Å². The first-order valence-corrected chi connectivity index (χ1v) is 6.56. The van der Waals surface area contributed by atoms with Crippen molar-refractivity contribution >= 4 is 0 Å². The highest BCUT2D eigenvalue weighted by atomic mass is 16.5. The summed E-state index contributed by atoms with van der Waals surface area (Å²) in [6, 6.07) is 1.94. The highest BCUT2D eigenvalue weighted by molar-refractivity contribution is 5.04. The number of aromatic nitrogens is 1. The average Bonchev–Trinajstić information content (AvgIpc) is 2.80. The number of likely N-dealkylation sites (tertiary alicyclic amines) is 1. The van der Waals surface area contributed by atoms with E-state index in [1.807, 2.05) is 6.07 Å². The first kappa shape index (κ1) is 13.5. The fourth-order valence-electron chi connectivity index (χ4n) is 2.51. The summed E-state index contributed by atoms with van der Waals surface area (Å²) in [5.74, 6) is 1.14. The number of piperidine rings is 1. The molecule has 1 saturated heterocycles. The molecule has 2 atom stereocenters. The van der Waals surface area contributed by atoms with Gasteiger partial charge < -0.3 is 14.4 Å². The monoisotopic (exact) mass is 254 g/mol. The number of aliphatic hydroxyl groups is 1. The van der Waals surface area contributed by atoms with E-state index in [9.17, 15) is 5.11 Å². The summed E-state index contributed by atoms with van der Waals surface area (Å²) in [5, 5.41) is 13.9. The van der Waals surface area contributed by atoms with Crippen molar-refractivity contribution in [3.05, 3.63) is 17.5 Å². The second-order valence-corrected chi connectivity index (χ2v) is 4.98. The smallest absolute Gasteiger partial charge is 0.162 e. The molecule has 1 aliphatic rings. The zero-order valence-corrected chi connectivity index (χ0v) is 11.1. The summed E-state index contributed by atoms with van der Waals surface area (Å²) in [4.78, 5) is 2.33. The van der Waals surface area contributed by atoms with E-state index >= 15 is 0 Å². The molecule has 1 aliphatic heterocycles. The van der Waals surface area contributed by atoms with E-state index in [4.69, 9.17) is 9.26 Å². The Morgan fingerprint density at radius 1 is 1.61 bits per heavy atom. The van der Waals surface area contributed by atoms with E-state index in [0.717, 1.165) is 43.9 Å². The summed E-state index contributed by atoms with van der Waals surface area (Å²) in [5.41, 5.74) is 0.938. The maximum absolute atomic E-state index is 9.85. The highest BCUT2D eigenvalue weighted by Gasteiger charge is 2.26. The lowest BCUT2D eigenvalue weighted by atomic mass is 9.92. The fraction of sp³-hybridized carbons (Fsp3) is 0.769. The topological polar surface area (TPSA) is 58.7 Å². The molecule has 0 saturated carbocycles. The van der Waals surface area contributed by atoms with Crippen LogP contribution in [0, 0.1) is 5.92 Å². The van der Waals surface area contributed by atoms with Crippen molar-refractivity contribution in [3.63, 3.8) is 0 Å². The lowest BCUT2D eigenvalue weighted by Gasteiger charge is -2.35. The Labute approximate surface area is 108 Å². The standard InChI is InChI=1S/C13H22N2O3/c1-3-10-7-15(5-4-13(10)16)8-11-6-12(9-17-2)18-14-11/h6,10,13,16H,3-5,7-9H2,1-2H3. The van der Waals surface area contributed by atoms with E-state index < -0.39 is 0 Å². The molecule has 1 aromatic rings. The normalized spacial score (nSPS) is 25.5. The van der Waals surface area contributed by atoms with Gasteiger partial charge in [-0.3, -0.25) is 4.90 Å². The van der Waals surface area contributed by atoms with Crippen LogP contribution in [0.1, 0.15) is 31.2 Å². The first-order chi connectivity index (χ1) is 8.72. The van der Waals surface area contributed by atoms with E-state index in [2.05, 4.69) is 17.0 Å². The number of ether oxygens (including phenoxy) is 1. The predicted octanol–water partition coefficient (Wildman–Crippen LogP) is 1.41. The minimum absolute atomic E-state index is 0.146. The Kier molecular flexibility index (Phi) is 4.74. The zero-order valence-electron chi connectivity index (χ0n) is 11.1. The Balaban J connectivity index is 1.88. The van der Waals surface area contributed by atoms with Crippen LogP contribution in [-0.4, -0.2) is 41.5 Å². The summed E-state index contributed by atoms with van der Waals surface area (Å²) in [6.07, 6.45) is 1.72. The van der Waals surface area contributed by atoms with Gasteiger partial charge in [0.2, 0.25) is 0 Å². The Morgan fingerprint density at radius 2 is 2.44 bits per heavy atom. The van der Waals surface area contributed by atoms with Crippen molar-refractivity contribution in [2.75, 3.05) is 20.2 Å². The van der Waals surface area contributed by atoms with Crippen LogP contribution in [0.25, 0.3) is 0 Å². The summed E-state index contributed by atoms with van der Waals surface area (Å²) < 4.78 is 10.2. The molecule has 0 aromatic carbocycles. The van der Waals surface area contributed by atoms with Crippen molar-refractivity contribution in [2.24, 2.45) is 5.92 Å². The number of methoxy groups -OCH3 is 1. The third-order valence-electron chi connectivity index (χ3n) is 3.58. The van der Waals surface area contributed by atoms with E-state index in [0.29, 0.717) is 12.5 Å².